The molecule has 0 bridgehead atoms. The van der Waals surface area contributed by atoms with Crippen molar-refractivity contribution in [2.45, 2.75) is 37.8 Å². The number of nitrogens with zero attached hydrogens (tertiary/aromatic N) is 2. The molecule has 0 heterocycles. The Balaban J connectivity index is 1.83. The lowest BCUT2D eigenvalue weighted by atomic mass is 10.0. The summed E-state index contributed by atoms with van der Waals surface area (Å²) in [7, 11) is -4.36. The third-order valence-electron chi connectivity index (χ3n) is 7.06. The summed E-state index contributed by atoms with van der Waals surface area (Å²) in [6, 6.07) is 26.0. The summed E-state index contributed by atoms with van der Waals surface area (Å²) < 4.78 is 44.0. The molecule has 0 aliphatic rings. The highest BCUT2D eigenvalue weighted by Crippen LogP contribution is 2.35. The molecule has 45 heavy (non-hydrogen) atoms. The van der Waals surface area contributed by atoms with Crippen LogP contribution in [-0.2, 0) is 32.6 Å². The highest BCUT2D eigenvalue weighted by Gasteiger charge is 2.35. The molecule has 0 fully saturated rings. The first-order valence-corrected chi connectivity index (χ1v) is 16.5. The number of amides is 2. The largest absolute Gasteiger partial charge is 0.354 e. The monoisotopic (exact) mass is 669 g/mol. The maximum absolute atomic E-state index is 15.0. The molecule has 4 aromatic rings. The van der Waals surface area contributed by atoms with Crippen molar-refractivity contribution in [1.29, 1.82) is 0 Å². The van der Waals surface area contributed by atoms with Gasteiger partial charge in [0.15, 0.2) is 0 Å². The standard InChI is InChI=1S/C34H34Cl2FN3O4S/c1-24(2)21-38-34(42)31(20-25-12-5-3-6-13-25)39(22-26-14-9-10-18-29(26)37)32(41)23-40(30-19-11-17-28(35)33(30)36)45(43,44)27-15-7-4-8-16-27/h3-19,24,31H,20-23H2,1-2H3,(H,38,42)/t31-/m0/s1. The normalized spacial score (nSPS) is 12.0. The first kappa shape index (κ1) is 34.0. The molecule has 2 amide bonds. The summed E-state index contributed by atoms with van der Waals surface area (Å²) in [6.07, 6.45) is 0.105. The Kier molecular flexibility index (Phi) is 11.6. The van der Waals surface area contributed by atoms with Crippen LogP contribution in [0.1, 0.15) is 25.0 Å². The summed E-state index contributed by atoms with van der Waals surface area (Å²) in [5.74, 6) is -1.63. The van der Waals surface area contributed by atoms with Crippen LogP contribution >= 0.6 is 23.2 Å². The minimum atomic E-state index is -4.36. The Morgan fingerprint density at radius 3 is 2.11 bits per heavy atom. The fourth-order valence-electron chi connectivity index (χ4n) is 4.70. The zero-order valence-corrected chi connectivity index (χ0v) is 27.2. The van der Waals surface area contributed by atoms with Crippen LogP contribution in [0.3, 0.4) is 0 Å². The molecule has 11 heteroatoms. The van der Waals surface area contributed by atoms with Crippen molar-refractivity contribution in [1.82, 2.24) is 10.2 Å². The third kappa shape index (κ3) is 8.63. The topological polar surface area (TPSA) is 86.8 Å². The van der Waals surface area contributed by atoms with E-state index in [9.17, 15) is 18.0 Å². The Hall–Kier alpha value is -3.92. The lowest BCUT2D eigenvalue weighted by molar-refractivity contribution is -0.140. The lowest BCUT2D eigenvalue weighted by Gasteiger charge is -2.34. The SMILES string of the molecule is CC(C)CNC(=O)[C@H](Cc1ccccc1)N(Cc1ccccc1F)C(=O)CN(c1cccc(Cl)c1Cl)S(=O)(=O)c1ccccc1. The van der Waals surface area contributed by atoms with E-state index in [-0.39, 0.29) is 45.1 Å². The molecule has 0 saturated carbocycles. The molecule has 4 rings (SSSR count). The average molecular weight is 671 g/mol. The van der Waals surface area contributed by atoms with Crippen LogP contribution in [-0.4, -0.2) is 44.3 Å². The second-order valence-electron chi connectivity index (χ2n) is 10.9. The van der Waals surface area contributed by atoms with E-state index in [1.165, 1.54) is 53.4 Å². The van der Waals surface area contributed by atoms with E-state index >= 15 is 4.39 Å². The van der Waals surface area contributed by atoms with Crippen LogP contribution in [0.2, 0.25) is 10.0 Å². The van der Waals surface area contributed by atoms with Gasteiger partial charge >= 0.3 is 0 Å². The Morgan fingerprint density at radius 1 is 0.844 bits per heavy atom. The smallest absolute Gasteiger partial charge is 0.264 e. The van der Waals surface area contributed by atoms with Crippen molar-refractivity contribution in [3.8, 4) is 0 Å². The summed E-state index contributed by atoms with van der Waals surface area (Å²) in [4.78, 5) is 29.4. The van der Waals surface area contributed by atoms with Crippen LogP contribution in [0, 0.1) is 11.7 Å². The number of halogens is 3. The molecule has 236 valence electrons. The zero-order chi connectivity index (χ0) is 32.6. The van der Waals surface area contributed by atoms with Crippen molar-refractivity contribution in [2.24, 2.45) is 5.92 Å². The molecule has 0 saturated heterocycles. The number of rotatable bonds is 13. The van der Waals surface area contributed by atoms with Gasteiger partial charge in [-0.05, 0) is 41.8 Å². The Bertz CT molecular complexity index is 1720. The number of hydrogen-bond acceptors (Lipinski definition) is 4. The molecule has 0 spiro atoms. The van der Waals surface area contributed by atoms with E-state index in [1.807, 2.05) is 44.2 Å². The quantitative estimate of drug-likeness (QED) is 0.171. The van der Waals surface area contributed by atoms with Gasteiger partial charge in [-0.1, -0.05) is 110 Å². The van der Waals surface area contributed by atoms with Crippen molar-refractivity contribution >= 4 is 50.7 Å². The van der Waals surface area contributed by atoms with Gasteiger partial charge < -0.3 is 10.2 Å². The molecule has 0 radical (unpaired) electrons. The predicted molar refractivity (Wildman–Crippen MR) is 176 cm³/mol. The van der Waals surface area contributed by atoms with E-state index in [0.29, 0.717) is 6.54 Å². The van der Waals surface area contributed by atoms with Gasteiger partial charge in [0.05, 0.1) is 20.6 Å². The Labute approximate surface area is 273 Å². The van der Waals surface area contributed by atoms with Gasteiger partial charge in [-0.3, -0.25) is 13.9 Å². The first-order chi connectivity index (χ1) is 21.5. The first-order valence-electron chi connectivity index (χ1n) is 14.3. The summed E-state index contributed by atoms with van der Waals surface area (Å²) >= 11 is 12.8. The molecular formula is C34H34Cl2FN3O4S. The fraction of sp³-hybridized carbons (Fsp3) is 0.235. The zero-order valence-electron chi connectivity index (χ0n) is 24.9. The summed E-state index contributed by atoms with van der Waals surface area (Å²) in [5, 5.41) is 2.92. The van der Waals surface area contributed by atoms with E-state index < -0.39 is 40.2 Å². The van der Waals surface area contributed by atoms with Crippen molar-refractivity contribution in [2.75, 3.05) is 17.4 Å². The van der Waals surface area contributed by atoms with Crippen LogP contribution in [0.25, 0.3) is 0 Å². The fourth-order valence-corrected chi connectivity index (χ4v) is 6.60. The van der Waals surface area contributed by atoms with Crippen molar-refractivity contribution in [3.63, 3.8) is 0 Å². The lowest BCUT2D eigenvalue weighted by Crippen LogP contribution is -2.54. The third-order valence-corrected chi connectivity index (χ3v) is 9.65. The van der Waals surface area contributed by atoms with E-state index in [1.54, 1.807) is 24.3 Å². The Morgan fingerprint density at radius 2 is 1.47 bits per heavy atom. The number of nitrogens with one attached hydrogen (secondary N) is 1. The van der Waals surface area contributed by atoms with Gasteiger partial charge in [-0.15, -0.1) is 0 Å². The van der Waals surface area contributed by atoms with Gasteiger partial charge in [0, 0.05) is 25.1 Å². The highest BCUT2D eigenvalue weighted by molar-refractivity contribution is 7.92. The molecule has 1 N–H and O–H groups in total. The molecule has 1 atom stereocenters. The van der Waals surface area contributed by atoms with Gasteiger partial charge in [-0.2, -0.15) is 0 Å². The van der Waals surface area contributed by atoms with Crippen LogP contribution in [0.5, 0.6) is 0 Å². The molecule has 0 aliphatic carbocycles. The number of carbonyl (C=O) groups is 2. The average Bonchev–Trinajstić information content (AvgIpc) is 3.03. The van der Waals surface area contributed by atoms with Gasteiger partial charge in [-0.25, -0.2) is 12.8 Å². The number of carbonyl (C=O) groups excluding carboxylic acids is 2. The van der Waals surface area contributed by atoms with Gasteiger partial charge in [0.2, 0.25) is 11.8 Å². The molecular weight excluding hydrogens is 636 g/mol. The van der Waals surface area contributed by atoms with Crippen LogP contribution < -0.4 is 9.62 Å². The second kappa shape index (κ2) is 15.4. The molecule has 0 unspecified atom stereocenters. The predicted octanol–water partition coefficient (Wildman–Crippen LogP) is 6.74. The number of sulfonamides is 1. The minimum Gasteiger partial charge on any atom is -0.354 e. The number of anilines is 1. The van der Waals surface area contributed by atoms with Crippen LogP contribution in [0.15, 0.2) is 108 Å². The summed E-state index contributed by atoms with van der Waals surface area (Å²) in [6.45, 7) is 3.19. The highest BCUT2D eigenvalue weighted by atomic mass is 35.5. The van der Waals surface area contributed by atoms with E-state index in [4.69, 9.17) is 23.2 Å². The summed E-state index contributed by atoms with van der Waals surface area (Å²) in [5.41, 5.74) is 0.912. The molecule has 4 aromatic carbocycles. The maximum Gasteiger partial charge on any atom is 0.264 e. The second-order valence-corrected chi connectivity index (χ2v) is 13.5. The van der Waals surface area contributed by atoms with E-state index in [0.717, 1.165) is 9.87 Å². The van der Waals surface area contributed by atoms with Crippen molar-refractivity contribution < 1.29 is 22.4 Å². The van der Waals surface area contributed by atoms with Gasteiger partial charge in [0.1, 0.15) is 18.4 Å². The van der Waals surface area contributed by atoms with Crippen molar-refractivity contribution in [3.05, 3.63) is 130 Å². The minimum absolute atomic E-state index is 0.0175. The molecule has 0 aliphatic heterocycles. The number of benzene rings is 4. The van der Waals surface area contributed by atoms with E-state index in [2.05, 4.69) is 5.32 Å². The van der Waals surface area contributed by atoms with Gasteiger partial charge in [0.25, 0.3) is 10.0 Å². The molecule has 7 nitrogen and oxygen atoms in total. The molecule has 0 aromatic heterocycles. The van der Waals surface area contributed by atoms with Crippen LogP contribution in [0.4, 0.5) is 10.1 Å². The number of hydrogen-bond donors (Lipinski definition) is 1. The maximum atomic E-state index is 15.0.